The fourth-order valence-electron chi connectivity index (χ4n) is 3.45. The van der Waals surface area contributed by atoms with Gasteiger partial charge >= 0.3 is 0 Å². The summed E-state index contributed by atoms with van der Waals surface area (Å²) < 4.78 is 5.82. The van der Waals surface area contributed by atoms with Crippen molar-refractivity contribution in [2.75, 3.05) is 24.3 Å². The second-order valence-electron chi connectivity index (χ2n) is 8.16. The Morgan fingerprint density at radius 1 is 0.793 bits per heavy atom. The van der Waals surface area contributed by atoms with E-state index in [0.717, 1.165) is 24.5 Å². The van der Waals surface area contributed by atoms with Gasteiger partial charge in [-0.2, -0.15) is 0 Å². The van der Waals surface area contributed by atoms with Crippen molar-refractivity contribution >= 4 is 17.3 Å². The molecule has 1 atom stereocenters. The molecular weight excluding hydrogens is 382 g/mol. The van der Waals surface area contributed by atoms with Crippen molar-refractivity contribution in [1.82, 2.24) is 0 Å². The molecule has 0 bridgehead atoms. The second kappa shape index (κ2) is 19.1. The van der Waals surface area contributed by atoms with Crippen LogP contribution in [0.25, 0.3) is 0 Å². The van der Waals surface area contributed by atoms with Crippen molar-refractivity contribution in [2.24, 2.45) is 0 Å². The first kappa shape index (κ1) is 26.1. The van der Waals surface area contributed by atoms with Crippen LogP contribution in [0.1, 0.15) is 96.8 Å². The Morgan fingerprint density at radius 3 is 1.76 bits per heavy atom. The van der Waals surface area contributed by atoms with Crippen LogP contribution < -0.4 is 10.1 Å². The molecule has 0 aliphatic carbocycles. The maximum atomic E-state index is 9.46. The number of aliphatic hydroxyl groups is 1. The van der Waals surface area contributed by atoms with Gasteiger partial charge in [0.15, 0.2) is 0 Å². The minimum absolute atomic E-state index is 0.243. The molecule has 3 nitrogen and oxygen atoms in total. The van der Waals surface area contributed by atoms with E-state index in [0.29, 0.717) is 6.54 Å². The van der Waals surface area contributed by atoms with E-state index in [2.05, 4.69) is 12.2 Å². The Morgan fingerprint density at radius 2 is 1.28 bits per heavy atom. The molecule has 0 aromatic heterocycles. The zero-order chi connectivity index (χ0) is 21.0. The molecular formula is C25H44ClNO2. The average molecular weight is 426 g/mol. The van der Waals surface area contributed by atoms with E-state index >= 15 is 0 Å². The van der Waals surface area contributed by atoms with Gasteiger partial charge in [0.25, 0.3) is 0 Å². The first-order valence-electron chi connectivity index (χ1n) is 12.0. The van der Waals surface area contributed by atoms with Crippen molar-refractivity contribution in [2.45, 2.75) is 103 Å². The Labute approximate surface area is 184 Å². The molecule has 1 rings (SSSR count). The van der Waals surface area contributed by atoms with E-state index in [-0.39, 0.29) is 5.88 Å². The molecule has 0 heterocycles. The highest BCUT2D eigenvalue weighted by Crippen LogP contribution is 2.17. The molecule has 168 valence electrons. The third-order valence-corrected chi connectivity index (χ3v) is 5.70. The minimum atomic E-state index is -0.520. The summed E-state index contributed by atoms with van der Waals surface area (Å²) in [6, 6.07) is 7.89. The second-order valence-corrected chi connectivity index (χ2v) is 8.47. The van der Waals surface area contributed by atoms with Crippen LogP contribution >= 0.6 is 11.6 Å². The van der Waals surface area contributed by atoms with Crippen LogP contribution in [0.5, 0.6) is 5.75 Å². The van der Waals surface area contributed by atoms with Crippen LogP contribution in [-0.2, 0) is 0 Å². The van der Waals surface area contributed by atoms with Crippen LogP contribution in [0.2, 0.25) is 0 Å². The third-order valence-electron chi connectivity index (χ3n) is 5.34. The fraction of sp³-hybridized carbons (Fsp3) is 0.760. The largest absolute Gasteiger partial charge is 0.494 e. The lowest BCUT2D eigenvalue weighted by atomic mass is 10.0. The predicted molar refractivity (Wildman–Crippen MR) is 127 cm³/mol. The van der Waals surface area contributed by atoms with Crippen LogP contribution in [0.4, 0.5) is 5.69 Å². The Kier molecular flexibility index (Phi) is 17.2. The number of benzene rings is 1. The fourth-order valence-corrected chi connectivity index (χ4v) is 3.55. The molecule has 1 unspecified atom stereocenters. The molecule has 0 spiro atoms. The number of alkyl halides is 1. The molecule has 0 saturated carbocycles. The van der Waals surface area contributed by atoms with E-state index in [1.165, 1.54) is 83.5 Å². The maximum Gasteiger partial charge on any atom is 0.119 e. The standard InChI is InChI=1S/C25H44ClNO2/c1-2-3-4-5-6-7-8-9-10-11-12-13-14-15-20-29-25-18-16-23(17-19-25)27-22-24(28)21-26/h16-19,24,27-28H,2-15,20-22H2,1H3. The number of nitrogens with one attached hydrogen (secondary N) is 1. The summed E-state index contributed by atoms with van der Waals surface area (Å²) in [5.41, 5.74) is 0.970. The Hall–Kier alpha value is -0.930. The molecule has 0 radical (unpaired) electrons. The number of aliphatic hydroxyl groups excluding tert-OH is 1. The highest BCUT2D eigenvalue weighted by Gasteiger charge is 2.01. The first-order chi connectivity index (χ1) is 14.3. The van der Waals surface area contributed by atoms with Gasteiger partial charge in [0.2, 0.25) is 0 Å². The summed E-state index contributed by atoms with van der Waals surface area (Å²) in [5, 5.41) is 12.6. The predicted octanol–water partition coefficient (Wildman–Crippen LogP) is 7.56. The number of unbranched alkanes of at least 4 members (excludes halogenated alkanes) is 13. The zero-order valence-electron chi connectivity index (χ0n) is 18.6. The van der Waals surface area contributed by atoms with Crippen molar-refractivity contribution in [3.05, 3.63) is 24.3 Å². The summed E-state index contributed by atoms with van der Waals surface area (Å²) in [7, 11) is 0. The Balaban J connectivity index is 1.87. The summed E-state index contributed by atoms with van der Waals surface area (Å²) in [5.74, 6) is 1.15. The first-order valence-corrected chi connectivity index (χ1v) is 12.5. The molecule has 0 aliphatic heterocycles. The summed E-state index contributed by atoms with van der Waals surface area (Å²) in [6.07, 6.45) is 18.7. The lowest BCUT2D eigenvalue weighted by Gasteiger charge is -2.11. The molecule has 4 heteroatoms. The Bertz CT molecular complexity index is 466. The lowest BCUT2D eigenvalue weighted by molar-refractivity contribution is 0.211. The summed E-state index contributed by atoms with van der Waals surface area (Å²) in [4.78, 5) is 0. The number of anilines is 1. The molecule has 1 aromatic carbocycles. The number of rotatable bonds is 20. The van der Waals surface area contributed by atoms with Gasteiger partial charge in [-0.3, -0.25) is 0 Å². The average Bonchev–Trinajstić information content (AvgIpc) is 2.75. The topological polar surface area (TPSA) is 41.5 Å². The van der Waals surface area contributed by atoms with Gasteiger partial charge < -0.3 is 15.2 Å². The molecule has 2 N–H and O–H groups in total. The van der Waals surface area contributed by atoms with Crippen molar-refractivity contribution < 1.29 is 9.84 Å². The van der Waals surface area contributed by atoms with E-state index in [1.807, 2.05) is 24.3 Å². The van der Waals surface area contributed by atoms with Crippen LogP contribution in [-0.4, -0.2) is 30.2 Å². The van der Waals surface area contributed by atoms with Gasteiger partial charge in [0.05, 0.1) is 18.6 Å². The van der Waals surface area contributed by atoms with Crippen LogP contribution in [0.15, 0.2) is 24.3 Å². The highest BCUT2D eigenvalue weighted by molar-refractivity contribution is 6.18. The number of hydrogen-bond donors (Lipinski definition) is 2. The molecule has 0 aliphatic rings. The molecule has 0 fully saturated rings. The monoisotopic (exact) mass is 425 g/mol. The zero-order valence-corrected chi connectivity index (χ0v) is 19.4. The number of hydrogen-bond acceptors (Lipinski definition) is 3. The molecule has 1 aromatic rings. The normalized spacial score (nSPS) is 12.1. The summed E-state index contributed by atoms with van der Waals surface area (Å²) in [6.45, 7) is 3.53. The van der Waals surface area contributed by atoms with E-state index in [4.69, 9.17) is 16.3 Å². The number of ether oxygens (including phenoxy) is 1. The van der Waals surface area contributed by atoms with Gasteiger partial charge in [0.1, 0.15) is 5.75 Å². The van der Waals surface area contributed by atoms with Crippen molar-refractivity contribution in [3.63, 3.8) is 0 Å². The van der Waals surface area contributed by atoms with E-state index in [9.17, 15) is 5.11 Å². The SMILES string of the molecule is CCCCCCCCCCCCCCCCOc1ccc(NCC(O)CCl)cc1. The maximum absolute atomic E-state index is 9.46. The lowest BCUT2D eigenvalue weighted by Crippen LogP contribution is -2.20. The van der Waals surface area contributed by atoms with Crippen LogP contribution in [0, 0.1) is 0 Å². The molecule has 29 heavy (non-hydrogen) atoms. The van der Waals surface area contributed by atoms with Crippen molar-refractivity contribution in [3.8, 4) is 5.75 Å². The quantitative estimate of drug-likeness (QED) is 0.167. The third kappa shape index (κ3) is 15.6. The molecule has 0 amide bonds. The van der Waals surface area contributed by atoms with E-state index < -0.39 is 6.10 Å². The van der Waals surface area contributed by atoms with Crippen LogP contribution in [0.3, 0.4) is 0 Å². The summed E-state index contributed by atoms with van der Waals surface area (Å²) >= 11 is 5.59. The highest BCUT2D eigenvalue weighted by atomic mass is 35.5. The van der Waals surface area contributed by atoms with Gasteiger partial charge in [-0.05, 0) is 30.7 Å². The molecule has 0 saturated heterocycles. The van der Waals surface area contributed by atoms with Gasteiger partial charge in [-0.15, -0.1) is 11.6 Å². The van der Waals surface area contributed by atoms with Crippen molar-refractivity contribution in [1.29, 1.82) is 0 Å². The van der Waals surface area contributed by atoms with Gasteiger partial charge in [-0.25, -0.2) is 0 Å². The minimum Gasteiger partial charge on any atom is -0.494 e. The van der Waals surface area contributed by atoms with E-state index in [1.54, 1.807) is 0 Å². The number of halogens is 1. The van der Waals surface area contributed by atoms with Gasteiger partial charge in [-0.1, -0.05) is 90.4 Å². The smallest absolute Gasteiger partial charge is 0.119 e. The van der Waals surface area contributed by atoms with Gasteiger partial charge in [0, 0.05) is 12.2 Å².